The van der Waals surface area contributed by atoms with Gasteiger partial charge in [0, 0.05) is 11.8 Å². The van der Waals surface area contributed by atoms with Gasteiger partial charge >= 0.3 is 5.91 Å². The van der Waals surface area contributed by atoms with E-state index in [4.69, 9.17) is 4.74 Å². The molecule has 1 saturated carbocycles. The molecule has 7 nitrogen and oxygen atoms in total. The number of anilines is 2. The maximum absolute atomic E-state index is 11.9. The van der Waals surface area contributed by atoms with E-state index in [1.807, 2.05) is 24.3 Å². The number of fused-ring (bicyclic) bond motifs is 5. The summed E-state index contributed by atoms with van der Waals surface area (Å²) in [7, 11) is 1.61. The van der Waals surface area contributed by atoms with Gasteiger partial charge in [-0.25, -0.2) is 9.78 Å². The molecule has 0 radical (unpaired) electrons. The van der Waals surface area contributed by atoms with Crippen LogP contribution in [0.3, 0.4) is 0 Å². The van der Waals surface area contributed by atoms with Gasteiger partial charge in [0.25, 0.3) is 0 Å². The molecule has 2 aromatic rings. The maximum atomic E-state index is 11.9. The van der Waals surface area contributed by atoms with Gasteiger partial charge in [-0.05, 0) is 54.4 Å². The first-order chi connectivity index (χ1) is 12.1. The molecule has 1 N–H and O–H groups in total. The third kappa shape index (κ3) is 2.52. The molecule has 1 aromatic carbocycles. The number of benzene rings is 1. The van der Waals surface area contributed by atoms with E-state index in [0.717, 1.165) is 47.5 Å². The van der Waals surface area contributed by atoms with Gasteiger partial charge in [0.05, 0.1) is 19.0 Å². The van der Waals surface area contributed by atoms with Crippen LogP contribution in [0.4, 0.5) is 11.4 Å². The normalized spacial score (nSPS) is 20.2. The molecule has 1 aromatic heterocycles. The second kappa shape index (κ2) is 5.84. The first-order valence-electron chi connectivity index (χ1n) is 8.21. The number of amides is 1. The fourth-order valence-corrected chi connectivity index (χ4v) is 4.11. The summed E-state index contributed by atoms with van der Waals surface area (Å²) in [6.07, 6.45) is 4.47. The highest BCUT2D eigenvalue weighted by Gasteiger charge is 2.43. The van der Waals surface area contributed by atoms with Gasteiger partial charge < -0.3 is 10.1 Å². The van der Waals surface area contributed by atoms with Crippen molar-refractivity contribution in [3.8, 4) is 5.75 Å². The first-order valence-corrected chi connectivity index (χ1v) is 8.21. The summed E-state index contributed by atoms with van der Waals surface area (Å²) in [5, 5.41) is 14.3. The lowest BCUT2D eigenvalue weighted by Crippen LogP contribution is -2.18. The molecule has 0 saturated heterocycles. The van der Waals surface area contributed by atoms with Crippen molar-refractivity contribution in [2.45, 2.75) is 31.1 Å². The fraction of sp³-hybridized carbons (Fsp3) is 0.333. The third-order valence-corrected chi connectivity index (χ3v) is 5.12. The highest BCUT2D eigenvalue weighted by Crippen LogP contribution is 2.56. The number of carbonyl (C=O) groups is 1. The van der Waals surface area contributed by atoms with Crippen LogP contribution < -0.4 is 10.1 Å². The summed E-state index contributed by atoms with van der Waals surface area (Å²) >= 11 is 0. The summed E-state index contributed by atoms with van der Waals surface area (Å²) in [6, 6.07) is 7.52. The summed E-state index contributed by atoms with van der Waals surface area (Å²) in [4.78, 5) is 26.1. The van der Waals surface area contributed by atoms with Crippen LogP contribution in [0.25, 0.3) is 0 Å². The van der Waals surface area contributed by atoms with Crippen molar-refractivity contribution in [1.82, 2.24) is 4.98 Å². The van der Waals surface area contributed by atoms with E-state index in [2.05, 4.69) is 10.3 Å². The second-order valence-corrected chi connectivity index (χ2v) is 6.47. The Labute approximate surface area is 144 Å². The molecular weight excluding hydrogens is 322 g/mol. The second-order valence-electron chi connectivity index (χ2n) is 6.47. The van der Waals surface area contributed by atoms with Crippen molar-refractivity contribution in [2.75, 3.05) is 12.4 Å². The molecule has 4 rings (SSSR count). The predicted octanol–water partition coefficient (Wildman–Crippen LogP) is 3.62. The minimum Gasteiger partial charge on any atom is -0.497 e. The predicted molar refractivity (Wildman–Crippen MR) is 91.2 cm³/mol. The molecule has 2 bridgehead atoms. The van der Waals surface area contributed by atoms with Gasteiger partial charge in [0.2, 0.25) is 0 Å². The molecule has 1 fully saturated rings. The molecular formula is C18H17N3O4. The van der Waals surface area contributed by atoms with Crippen molar-refractivity contribution >= 4 is 17.3 Å². The average molecular weight is 339 g/mol. The Morgan fingerprint density at radius 1 is 1.32 bits per heavy atom. The van der Waals surface area contributed by atoms with Gasteiger partial charge in [-0.2, -0.15) is 0 Å². The van der Waals surface area contributed by atoms with Crippen LogP contribution in [0.15, 0.2) is 30.5 Å². The number of rotatable bonds is 4. The quantitative estimate of drug-likeness (QED) is 0.675. The van der Waals surface area contributed by atoms with Crippen molar-refractivity contribution in [3.05, 3.63) is 57.4 Å². The van der Waals surface area contributed by atoms with Gasteiger partial charge in [0.1, 0.15) is 10.7 Å². The van der Waals surface area contributed by atoms with Crippen LogP contribution in [-0.4, -0.2) is 22.9 Å². The van der Waals surface area contributed by atoms with E-state index < -0.39 is 10.8 Å². The zero-order valence-electron chi connectivity index (χ0n) is 13.7. The van der Waals surface area contributed by atoms with Crippen LogP contribution in [0.1, 0.15) is 52.7 Å². The van der Waals surface area contributed by atoms with Crippen LogP contribution in [-0.2, 0) is 0 Å². The van der Waals surface area contributed by atoms with E-state index in [9.17, 15) is 14.9 Å². The zero-order valence-corrected chi connectivity index (χ0v) is 13.7. The van der Waals surface area contributed by atoms with Gasteiger partial charge in [-0.3, -0.25) is 10.1 Å². The van der Waals surface area contributed by atoms with E-state index in [0.29, 0.717) is 5.92 Å². The topological polar surface area (TPSA) is 94.4 Å². The molecule has 0 aliphatic heterocycles. The van der Waals surface area contributed by atoms with E-state index in [1.165, 1.54) is 6.20 Å². The Balaban J connectivity index is 1.77. The number of pyridine rings is 1. The summed E-state index contributed by atoms with van der Waals surface area (Å²) in [6.45, 7) is 0. The van der Waals surface area contributed by atoms with Crippen molar-refractivity contribution in [2.24, 2.45) is 0 Å². The van der Waals surface area contributed by atoms with Gasteiger partial charge in [-0.1, -0.05) is 6.07 Å². The van der Waals surface area contributed by atoms with E-state index >= 15 is 0 Å². The molecule has 7 heteroatoms. The lowest BCUT2D eigenvalue weighted by atomic mass is 9.89. The number of ether oxygens (including phenoxy) is 1. The van der Waals surface area contributed by atoms with E-state index in [1.54, 1.807) is 7.11 Å². The van der Waals surface area contributed by atoms with Crippen molar-refractivity contribution in [1.29, 1.82) is 0 Å². The fourth-order valence-electron chi connectivity index (χ4n) is 4.11. The number of nitro groups is 1. The molecule has 2 unspecified atom stereocenters. The standard InChI is InChI=1S/C18H17N3O4/c1-25-13-4-2-3-12(8-13)20-14-9-19-17(18(22)21(23)24)16-11-6-5-10(7-11)15(14)16/h2-4,8-11,20H,5-7H2,1H3. The Bertz CT molecular complexity index is 881. The number of hydrogen-bond acceptors (Lipinski definition) is 6. The molecule has 0 spiro atoms. The summed E-state index contributed by atoms with van der Waals surface area (Å²) in [5.74, 6) is 0.140. The first kappa shape index (κ1) is 15.6. The lowest BCUT2D eigenvalue weighted by molar-refractivity contribution is -0.375. The Morgan fingerprint density at radius 2 is 2.08 bits per heavy atom. The van der Waals surface area contributed by atoms with Crippen LogP contribution >= 0.6 is 0 Å². The largest absolute Gasteiger partial charge is 0.497 e. The van der Waals surface area contributed by atoms with Crippen molar-refractivity contribution in [3.63, 3.8) is 0 Å². The number of hydrogen-bond donors (Lipinski definition) is 1. The highest BCUT2D eigenvalue weighted by atomic mass is 16.6. The van der Waals surface area contributed by atoms with Gasteiger partial charge in [0.15, 0.2) is 5.69 Å². The Hall–Kier alpha value is -2.96. The molecule has 25 heavy (non-hydrogen) atoms. The lowest BCUT2D eigenvalue weighted by Gasteiger charge is -2.20. The minimum absolute atomic E-state index is 0.00314. The molecule has 2 aliphatic rings. The van der Waals surface area contributed by atoms with Crippen LogP contribution in [0.2, 0.25) is 0 Å². The number of carbonyl (C=O) groups excluding carboxylic acids is 1. The minimum atomic E-state index is -1.11. The number of methoxy groups -OCH3 is 1. The van der Waals surface area contributed by atoms with Crippen molar-refractivity contribution < 1.29 is 14.5 Å². The monoisotopic (exact) mass is 339 g/mol. The van der Waals surface area contributed by atoms with Crippen LogP contribution in [0.5, 0.6) is 5.75 Å². The number of aromatic nitrogens is 1. The van der Waals surface area contributed by atoms with Gasteiger partial charge in [-0.15, -0.1) is 0 Å². The Kier molecular flexibility index (Phi) is 3.63. The molecule has 2 aliphatic carbocycles. The Morgan fingerprint density at radius 3 is 2.80 bits per heavy atom. The smallest absolute Gasteiger partial charge is 0.494 e. The summed E-state index contributed by atoms with van der Waals surface area (Å²) in [5.41, 5.74) is 3.45. The highest BCUT2D eigenvalue weighted by molar-refractivity contribution is 5.89. The van der Waals surface area contributed by atoms with E-state index in [-0.39, 0.29) is 11.6 Å². The SMILES string of the molecule is COc1cccc(Nc2cnc(C(=O)[N+](=O)[O-])c3c2C2CCC3C2)c1. The molecule has 1 heterocycles. The number of nitrogens with zero attached hydrogens (tertiary/aromatic N) is 2. The third-order valence-electron chi connectivity index (χ3n) is 5.12. The number of nitrogens with one attached hydrogen (secondary N) is 1. The van der Waals surface area contributed by atoms with Crippen LogP contribution in [0, 0.1) is 10.1 Å². The zero-order chi connectivity index (χ0) is 17.6. The maximum Gasteiger partial charge on any atom is 0.494 e. The molecule has 1 amide bonds. The molecule has 2 atom stereocenters. The average Bonchev–Trinajstić information content (AvgIpc) is 3.24. The summed E-state index contributed by atoms with van der Waals surface area (Å²) < 4.78 is 5.24. The molecule has 128 valence electrons.